The van der Waals surface area contributed by atoms with Crippen LogP contribution in [0.4, 0.5) is 0 Å². The molecule has 1 aliphatic heterocycles. The molecule has 0 bridgehead atoms. The van der Waals surface area contributed by atoms with Crippen LogP contribution in [0.3, 0.4) is 0 Å². The van der Waals surface area contributed by atoms with Gasteiger partial charge in [-0.25, -0.2) is 0 Å². The molecule has 0 amide bonds. The maximum absolute atomic E-state index is 6.13. The second kappa shape index (κ2) is 8.91. The van der Waals surface area contributed by atoms with E-state index in [1.807, 2.05) is 6.07 Å². The highest BCUT2D eigenvalue weighted by Gasteiger charge is 2.20. The van der Waals surface area contributed by atoms with Crippen LogP contribution >= 0.6 is 0 Å². The van der Waals surface area contributed by atoms with Crippen molar-refractivity contribution >= 4 is 0 Å². The second-order valence-corrected chi connectivity index (χ2v) is 6.87. The lowest BCUT2D eigenvalue weighted by Crippen LogP contribution is -2.26. The monoisotopic (exact) mass is 339 g/mol. The average molecular weight is 339 g/mol. The number of rotatable bonds is 8. The minimum atomic E-state index is 0.684. The third-order valence-electron chi connectivity index (χ3n) is 5.17. The van der Waals surface area contributed by atoms with Gasteiger partial charge < -0.3 is 14.4 Å². The molecule has 0 unspecified atom stereocenters. The molecule has 0 aliphatic carbocycles. The van der Waals surface area contributed by atoms with Crippen LogP contribution < -0.4 is 9.47 Å². The van der Waals surface area contributed by atoms with Gasteiger partial charge in [0.05, 0.1) is 13.7 Å². The Morgan fingerprint density at radius 2 is 1.96 bits per heavy atom. The van der Waals surface area contributed by atoms with E-state index in [2.05, 4.69) is 54.4 Å². The van der Waals surface area contributed by atoms with Crippen LogP contribution in [-0.4, -0.2) is 38.3 Å². The van der Waals surface area contributed by atoms with Crippen molar-refractivity contribution in [1.82, 2.24) is 4.90 Å². The Morgan fingerprint density at radius 1 is 1.08 bits per heavy atom. The van der Waals surface area contributed by atoms with Crippen molar-refractivity contribution in [3.63, 3.8) is 0 Å². The van der Waals surface area contributed by atoms with Gasteiger partial charge in [-0.05, 0) is 75.0 Å². The minimum absolute atomic E-state index is 0.684. The van der Waals surface area contributed by atoms with Crippen molar-refractivity contribution in [2.24, 2.45) is 0 Å². The number of likely N-dealkylation sites (tertiary alicyclic amines) is 1. The lowest BCUT2D eigenvalue weighted by atomic mass is 10.0. The summed E-state index contributed by atoms with van der Waals surface area (Å²) < 4.78 is 11.4. The topological polar surface area (TPSA) is 21.7 Å². The van der Waals surface area contributed by atoms with Crippen LogP contribution in [0.25, 0.3) is 0 Å². The Kier molecular flexibility index (Phi) is 6.35. The Morgan fingerprint density at radius 3 is 2.76 bits per heavy atom. The van der Waals surface area contributed by atoms with Gasteiger partial charge in [0.2, 0.25) is 0 Å². The van der Waals surface area contributed by atoms with Crippen molar-refractivity contribution in [2.75, 3.05) is 27.3 Å². The number of ether oxygens (including phenoxy) is 2. The van der Waals surface area contributed by atoms with E-state index in [4.69, 9.17) is 9.47 Å². The largest absolute Gasteiger partial charge is 0.497 e. The summed E-state index contributed by atoms with van der Waals surface area (Å²) in [6.45, 7) is 2.02. The lowest BCUT2D eigenvalue weighted by Gasteiger charge is -2.20. The predicted molar refractivity (Wildman–Crippen MR) is 103 cm³/mol. The van der Waals surface area contributed by atoms with Crippen molar-refractivity contribution in [3.05, 3.63) is 59.7 Å². The normalized spacial score (nSPS) is 17.6. The van der Waals surface area contributed by atoms with Gasteiger partial charge in [0.25, 0.3) is 0 Å². The highest BCUT2D eigenvalue weighted by Crippen LogP contribution is 2.23. The van der Waals surface area contributed by atoms with Gasteiger partial charge in [-0.1, -0.05) is 30.3 Å². The summed E-state index contributed by atoms with van der Waals surface area (Å²) in [5.41, 5.74) is 2.58. The zero-order valence-corrected chi connectivity index (χ0v) is 15.4. The molecule has 1 aliphatic rings. The highest BCUT2D eigenvalue weighted by molar-refractivity contribution is 5.35. The maximum Gasteiger partial charge on any atom is 0.122 e. The van der Waals surface area contributed by atoms with Gasteiger partial charge in [0.15, 0.2) is 0 Å². The lowest BCUT2D eigenvalue weighted by molar-refractivity contribution is 0.232. The van der Waals surface area contributed by atoms with Crippen molar-refractivity contribution in [3.8, 4) is 11.5 Å². The van der Waals surface area contributed by atoms with Crippen LogP contribution in [0.2, 0.25) is 0 Å². The summed E-state index contributed by atoms with van der Waals surface area (Å²) >= 11 is 0. The first-order chi connectivity index (χ1) is 12.3. The zero-order valence-electron chi connectivity index (χ0n) is 15.4. The Balaban J connectivity index is 1.54. The molecule has 134 valence electrons. The third kappa shape index (κ3) is 4.99. The Bertz CT molecular complexity index is 671. The first kappa shape index (κ1) is 17.8. The third-order valence-corrected chi connectivity index (χ3v) is 5.17. The molecule has 1 saturated heterocycles. The molecule has 3 heteroatoms. The number of methoxy groups -OCH3 is 1. The fourth-order valence-electron chi connectivity index (χ4n) is 3.61. The van der Waals surface area contributed by atoms with E-state index in [1.165, 1.54) is 30.5 Å². The number of benzene rings is 2. The average Bonchev–Trinajstić information content (AvgIpc) is 3.06. The summed E-state index contributed by atoms with van der Waals surface area (Å²) in [6, 6.07) is 17.4. The molecule has 0 spiro atoms. The molecule has 3 rings (SSSR count). The van der Waals surface area contributed by atoms with E-state index in [-0.39, 0.29) is 0 Å². The molecule has 0 saturated carbocycles. The van der Waals surface area contributed by atoms with E-state index < -0.39 is 0 Å². The zero-order chi connectivity index (χ0) is 17.5. The minimum Gasteiger partial charge on any atom is -0.497 e. The molecule has 0 N–H and O–H groups in total. The van der Waals surface area contributed by atoms with E-state index in [1.54, 1.807) is 7.11 Å². The molecule has 2 aromatic rings. The molecular weight excluding hydrogens is 310 g/mol. The molecule has 2 aromatic carbocycles. The van der Waals surface area contributed by atoms with E-state index >= 15 is 0 Å². The summed E-state index contributed by atoms with van der Waals surface area (Å²) in [6.07, 6.45) is 5.70. The quantitative estimate of drug-likeness (QED) is 0.714. The van der Waals surface area contributed by atoms with Crippen LogP contribution in [-0.2, 0) is 12.8 Å². The first-order valence-corrected chi connectivity index (χ1v) is 9.30. The molecule has 1 fully saturated rings. The van der Waals surface area contributed by atoms with Crippen molar-refractivity contribution in [1.29, 1.82) is 0 Å². The maximum atomic E-state index is 6.13. The van der Waals surface area contributed by atoms with Gasteiger partial charge in [-0.3, -0.25) is 0 Å². The number of nitrogens with zero attached hydrogens (tertiary/aromatic N) is 1. The van der Waals surface area contributed by atoms with Gasteiger partial charge in [0.1, 0.15) is 11.5 Å². The second-order valence-electron chi connectivity index (χ2n) is 6.87. The summed E-state index contributed by atoms with van der Waals surface area (Å²) in [5, 5.41) is 0. The smallest absolute Gasteiger partial charge is 0.122 e. The highest BCUT2D eigenvalue weighted by atomic mass is 16.5. The molecule has 1 heterocycles. The number of hydrogen-bond acceptors (Lipinski definition) is 3. The number of aryl methyl sites for hydroxylation is 2. The molecule has 0 radical (unpaired) electrons. The summed E-state index contributed by atoms with van der Waals surface area (Å²) in [4.78, 5) is 2.46. The molecule has 0 aromatic heterocycles. The SMILES string of the molecule is COc1cccc(CCc2ccccc2OCC[C@H]2CCCN2C)c1. The summed E-state index contributed by atoms with van der Waals surface area (Å²) in [7, 11) is 3.93. The van der Waals surface area contributed by atoms with Crippen molar-refractivity contribution < 1.29 is 9.47 Å². The Hall–Kier alpha value is -2.00. The van der Waals surface area contributed by atoms with E-state index in [9.17, 15) is 0 Å². The fraction of sp³-hybridized carbons (Fsp3) is 0.455. The van der Waals surface area contributed by atoms with Gasteiger partial charge in [0, 0.05) is 6.04 Å². The summed E-state index contributed by atoms with van der Waals surface area (Å²) in [5.74, 6) is 1.95. The van der Waals surface area contributed by atoms with Gasteiger partial charge in [-0.2, -0.15) is 0 Å². The molecule has 25 heavy (non-hydrogen) atoms. The molecule has 3 nitrogen and oxygen atoms in total. The van der Waals surface area contributed by atoms with Gasteiger partial charge in [-0.15, -0.1) is 0 Å². The van der Waals surface area contributed by atoms with Crippen molar-refractivity contribution in [2.45, 2.75) is 38.1 Å². The van der Waals surface area contributed by atoms with Gasteiger partial charge >= 0.3 is 0 Å². The first-order valence-electron chi connectivity index (χ1n) is 9.30. The van der Waals surface area contributed by atoms with Crippen LogP contribution in [0.15, 0.2) is 48.5 Å². The Labute approximate surface area is 151 Å². The fourth-order valence-corrected chi connectivity index (χ4v) is 3.61. The predicted octanol–water partition coefficient (Wildman–Crippen LogP) is 4.34. The standard InChI is InChI=1S/C22H29NO2/c1-23-15-6-9-20(23)14-16-25-22-11-4-3-8-19(22)13-12-18-7-5-10-21(17-18)24-2/h3-5,7-8,10-11,17,20H,6,9,12-16H2,1-2H3/t20-/m1/s1. The number of hydrogen-bond donors (Lipinski definition) is 0. The van der Waals surface area contributed by atoms with E-state index in [0.717, 1.165) is 37.4 Å². The van der Waals surface area contributed by atoms with Crippen LogP contribution in [0.5, 0.6) is 11.5 Å². The van der Waals surface area contributed by atoms with E-state index in [0.29, 0.717) is 6.04 Å². The molecular formula is C22H29NO2. The van der Waals surface area contributed by atoms with Crippen LogP contribution in [0, 0.1) is 0 Å². The number of para-hydroxylation sites is 1. The molecule has 1 atom stereocenters. The van der Waals surface area contributed by atoms with Crippen LogP contribution in [0.1, 0.15) is 30.4 Å².